The summed E-state index contributed by atoms with van der Waals surface area (Å²) in [5, 5.41) is 9.56. The second-order valence-electron chi connectivity index (χ2n) is 7.39. The van der Waals surface area contributed by atoms with Crippen LogP contribution >= 0.6 is 0 Å². The normalized spacial score (nSPS) is 13.1. The lowest BCUT2D eigenvalue weighted by Gasteiger charge is -2.13. The average molecular weight is 415 g/mol. The molecule has 1 saturated carbocycles. The number of rotatable bonds is 7. The number of carbonyl (C=O) groups is 1. The number of hydrogen-bond donors (Lipinski definition) is 3. The van der Waals surface area contributed by atoms with Gasteiger partial charge in [0.15, 0.2) is 5.76 Å². The summed E-state index contributed by atoms with van der Waals surface area (Å²) in [5.41, 5.74) is 2.46. The molecule has 156 valence electrons. The van der Waals surface area contributed by atoms with E-state index in [4.69, 9.17) is 4.42 Å². The summed E-state index contributed by atoms with van der Waals surface area (Å²) in [6.45, 7) is 1.98. The van der Waals surface area contributed by atoms with Crippen molar-refractivity contribution in [3.05, 3.63) is 72.7 Å². The standard InChI is InChI=1S/C22H21N7O2/c1-14-4-5-16(27-21(30)18-3-2-10-31-18)11-17(14)28-22-23-8-9-29(22)20-12-19(24-13-25-20)26-15-6-7-15/h2-5,8-13,15H,6-7H2,1H3,(H,23,28)(H,27,30)(H,24,25,26). The Bertz CT molecular complexity index is 1210. The summed E-state index contributed by atoms with van der Waals surface area (Å²) >= 11 is 0. The summed E-state index contributed by atoms with van der Waals surface area (Å²) in [6.07, 6.45) is 8.89. The first-order valence-electron chi connectivity index (χ1n) is 10.0. The molecule has 3 aromatic heterocycles. The number of anilines is 4. The Balaban J connectivity index is 1.37. The zero-order chi connectivity index (χ0) is 21.2. The maximum atomic E-state index is 12.3. The fraction of sp³-hybridized carbons (Fsp3) is 0.182. The van der Waals surface area contributed by atoms with Crippen molar-refractivity contribution in [1.29, 1.82) is 0 Å². The van der Waals surface area contributed by atoms with Crippen LogP contribution in [0.3, 0.4) is 0 Å². The highest BCUT2D eigenvalue weighted by atomic mass is 16.3. The number of aryl methyl sites for hydroxylation is 1. The Morgan fingerprint density at radius 3 is 2.87 bits per heavy atom. The molecule has 0 radical (unpaired) electrons. The molecule has 1 fully saturated rings. The van der Waals surface area contributed by atoms with E-state index in [9.17, 15) is 4.79 Å². The number of benzene rings is 1. The molecule has 1 aliphatic carbocycles. The predicted molar refractivity (Wildman–Crippen MR) is 117 cm³/mol. The number of aromatic nitrogens is 4. The van der Waals surface area contributed by atoms with Crippen molar-refractivity contribution in [3.8, 4) is 5.82 Å². The van der Waals surface area contributed by atoms with Crippen molar-refractivity contribution < 1.29 is 9.21 Å². The third-order valence-electron chi connectivity index (χ3n) is 4.96. The number of amides is 1. The monoisotopic (exact) mass is 415 g/mol. The summed E-state index contributed by atoms with van der Waals surface area (Å²) in [7, 11) is 0. The summed E-state index contributed by atoms with van der Waals surface area (Å²) in [6, 6.07) is 11.3. The van der Waals surface area contributed by atoms with Crippen molar-refractivity contribution in [1.82, 2.24) is 19.5 Å². The molecular formula is C22H21N7O2. The fourth-order valence-corrected chi connectivity index (χ4v) is 3.13. The van der Waals surface area contributed by atoms with E-state index in [1.807, 2.05) is 42.0 Å². The van der Waals surface area contributed by atoms with Gasteiger partial charge in [0.2, 0.25) is 5.95 Å². The molecule has 31 heavy (non-hydrogen) atoms. The van der Waals surface area contributed by atoms with Gasteiger partial charge in [0, 0.05) is 35.9 Å². The lowest BCUT2D eigenvalue weighted by molar-refractivity contribution is 0.0996. The van der Waals surface area contributed by atoms with E-state index < -0.39 is 0 Å². The number of carbonyl (C=O) groups excluding carboxylic acids is 1. The van der Waals surface area contributed by atoms with Gasteiger partial charge in [-0.1, -0.05) is 6.07 Å². The van der Waals surface area contributed by atoms with Crippen LogP contribution in [0, 0.1) is 6.92 Å². The van der Waals surface area contributed by atoms with Gasteiger partial charge in [-0.25, -0.2) is 15.0 Å². The van der Waals surface area contributed by atoms with Gasteiger partial charge in [-0.2, -0.15) is 0 Å². The van der Waals surface area contributed by atoms with Crippen molar-refractivity contribution in [2.24, 2.45) is 0 Å². The van der Waals surface area contributed by atoms with Crippen molar-refractivity contribution in [2.75, 3.05) is 16.0 Å². The van der Waals surface area contributed by atoms with Gasteiger partial charge in [-0.15, -0.1) is 0 Å². The Morgan fingerprint density at radius 2 is 2.06 bits per heavy atom. The molecule has 0 spiro atoms. The highest BCUT2D eigenvalue weighted by molar-refractivity contribution is 6.02. The van der Waals surface area contributed by atoms with Gasteiger partial charge < -0.3 is 20.4 Å². The Hall–Kier alpha value is -4.14. The van der Waals surface area contributed by atoms with Crippen molar-refractivity contribution in [3.63, 3.8) is 0 Å². The maximum Gasteiger partial charge on any atom is 0.291 e. The summed E-state index contributed by atoms with van der Waals surface area (Å²) in [5.74, 6) is 2.06. The van der Waals surface area contributed by atoms with Crippen molar-refractivity contribution in [2.45, 2.75) is 25.8 Å². The quantitative estimate of drug-likeness (QED) is 0.416. The number of nitrogens with one attached hydrogen (secondary N) is 3. The lowest BCUT2D eigenvalue weighted by Crippen LogP contribution is -2.11. The van der Waals surface area contributed by atoms with Crippen LogP contribution in [0.2, 0.25) is 0 Å². The molecule has 4 aromatic rings. The summed E-state index contributed by atoms with van der Waals surface area (Å²) in [4.78, 5) is 25.4. The van der Waals surface area contributed by atoms with Crippen LogP contribution in [0.1, 0.15) is 29.0 Å². The molecule has 1 aromatic carbocycles. The Kier molecular flexibility index (Phi) is 4.83. The first-order valence-corrected chi connectivity index (χ1v) is 10.0. The predicted octanol–water partition coefficient (Wildman–Crippen LogP) is 4.13. The minimum absolute atomic E-state index is 0.255. The maximum absolute atomic E-state index is 12.3. The van der Waals surface area contributed by atoms with E-state index >= 15 is 0 Å². The van der Waals surface area contributed by atoms with Crippen LogP contribution in [0.15, 0.2) is 65.8 Å². The van der Waals surface area contributed by atoms with Crippen molar-refractivity contribution >= 4 is 29.0 Å². The van der Waals surface area contributed by atoms with Gasteiger partial charge in [0.1, 0.15) is 18.0 Å². The van der Waals surface area contributed by atoms with Crippen LogP contribution in [-0.4, -0.2) is 31.5 Å². The largest absolute Gasteiger partial charge is 0.459 e. The van der Waals surface area contributed by atoms with E-state index in [1.165, 1.54) is 19.1 Å². The van der Waals surface area contributed by atoms with E-state index in [-0.39, 0.29) is 11.7 Å². The van der Waals surface area contributed by atoms with Gasteiger partial charge in [-0.3, -0.25) is 9.36 Å². The van der Waals surface area contributed by atoms with Crippen LogP contribution in [-0.2, 0) is 0 Å². The molecule has 1 aliphatic rings. The topological polar surface area (TPSA) is 110 Å². The molecule has 3 N–H and O–H groups in total. The number of imidazole rings is 1. The van der Waals surface area contributed by atoms with Crippen LogP contribution in [0.5, 0.6) is 0 Å². The minimum Gasteiger partial charge on any atom is -0.459 e. The smallest absolute Gasteiger partial charge is 0.291 e. The Labute approximate surface area is 178 Å². The molecule has 0 aliphatic heterocycles. The highest BCUT2D eigenvalue weighted by Gasteiger charge is 2.21. The zero-order valence-electron chi connectivity index (χ0n) is 16.9. The Morgan fingerprint density at radius 1 is 1.16 bits per heavy atom. The van der Waals surface area contributed by atoms with Gasteiger partial charge in [0.25, 0.3) is 5.91 Å². The molecular weight excluding hydrogens is 394 g/mol. The SMILES string of the molecule is Cc1ccc(NC(=O)c2ccco2)cc1Nc1nccn1-c1cc(NC2CC2)ncn1. The number of hydrogen-bond acceptors (Lipinski definition) is 7. The first kappa shape index (κ1) is 18.9. The third kappa shape index (κ3) is 4.25. The lowest BCUT2D eigenvalue weighted by atomic mass is 10.1. The van der Waals surface area contributed by atoms with E-state index in [1.54, 1.807) is 24.7 Å². The van der Waals surface area contributed by atoms with Gasteiger partial charge >= 0.3 is 0 Å². The third-order valence-corrected chi connectivity index (χ3v) is 4.96. The molecule has 9 heteroatoms. The second kappa shape index (κ2) is 7.94. The first-order chi connectivity index (χ1) is 15.2. The molecule has 3 heterocycles. The molecule has 0 atom stereocenters. The second-order valence-corrected chi connectivity index (χ2v) is 7.39. The number of furan rings is 1. The highest BCUT2D eigenvalue weighted by Crippen LogP contribution is 2.27. The molecule has 0 saturated heterocycles. The molecule has 0 unspecified atom stereocenters. The average Bonchev–Trinajstić information content (AvgIpc) is 3.23. The molecule has 5 rings (SSSR count). The van der Waals surface area contributed by atoms with E-state index in [2.05, 4.69) is 30.9 Å². The van der Waals surface area contributed by atoms with E-state index in [0.717, 1.165) is 17.1 Å². The molecule has 0 bridgehead atoms. The zero-order valence-corrected chi connectivity index (χ0v) is 16.9. The van der Waals surface area contributed by atoms with E-state index in [0.29, 0.717) is 23.5 Å². The molecule has 1 amide bonds. The van der Waals surface area contributed by atoms with Gasteiger partial charge in [-0.05, 0) is 49.6 Å². The van der Waals surface area contributed by atoms with Crippen LogP contribution < -0.4 is 16.0 Å². The fourth-order valence-electron chi connectivity index (χ4n) is 3.13. The van der Waals surface area contributed by atoms with Gasteiger partial charge in [0.05, 0.1) is 6.26 Å². The number of nitrogens with zero attached hydrogens (tertiary/aromatic N) is 4. The minimum atomic E-state index is -0.307. The summed E-state index contributed by atoms with van der Waals surface area (Å²) < 4.78 is 7.01. The van der Waals surface area contributed by atoms with Crippen LogP contribution in [0.4, 0.5) is 23.1 Å². The molecule has 9 nitrogen and oxygen atoms in total. The van der Waals surface area contributed by atoms with Crippen LogP contribution in [0.25, 0.3) is 5.82 Å².